The molecule has 152 valence electrons. The van der Waals surface area contributed by atoms with Crippen molar-refractivity contribution in [2.24, 2.45) is 0 Å². The van der Waals surface area contributed by atoms with Crippen molar-refractivity contribution in [3.05, 3.63) is 78.4 Å². The summed E-state index contributed by atoms with van der Waals surface area (Å²) < 4.78 is 10.4. The van der Waals surface area contributed by atoms with Gasteiger partial charge in [0, 0.05) is 24.3 Å². The molecule has 1 atom stereocenters. The Kier molecular flexibility index (Phi) is 8.59. The minimum Gasteiger partial charge on any atom is -0.467 e. The minimum absolute atomic E-state index is 0.277. The molecule has 0 aromatic heterocycles. The van der Waals surface area contributed by atoms with E-state index in [2.05, 4.69) is 17.2 Å². The Morgan fingerprint density at radius 2 is 1.76 bits per heavy atom. The molecule has 0 radical (unpaired) electrons. The Morgan fingerprint density at radius 3 is 2.38 bits per heavy atom. The maximum atomic E-state index is 12.5. The van der Waals surface area contributed by atoms with Crippen LogP contribution in [0.1, 0.15) is 22.3 Å². The van der Waals surface area contributed by atoms with Gasteiger partial charge in [0.15, 0.2) is 0 Å². The lowest BCUT2D eigenvalue weighted by Gasteiger charge is -2.17. The fourth-order valence-electron chi connectivity index (χ4n) is 2.50. The van der Waals surface area contributed by atoms with Crippen LogP contribution in [0.4, 0.5) is 5.69 Å². The molecule has 0 spiro atoms. The van der Waals surface area contributed by atoms with Crippen LogP contribution in [0.25, 0.3) is 0 Å². The van der Waals surface area contributed by atoms with Crippen molar-refractivity contribution in [2.45, 2.75) is 19.1 Å². The van der Waals surface area contributed by atoms with Crippen molar-refractivity contribution in [1.29, 1.82) is 0 Å². The third-order valence-corrected chi connectivity index (χ3v) is 4.05. The molecule has 7 heteroatoms. The maximum absolute atomic E-state index is 12.5. The van der Waals surface area contributed by atoms with Crippen molar-refractivity contribution in [1.82, 2.24) is 5.32 Å². The first-order valence-electron chi connectivity index (χ1n) is 9.07. The van der Waals surface area contributed by atoms with Crippen LogP contribution in [-0.2, 0) is 25.7 Å². The molecule has 0 aliphatic carbocycles. The second-order valence-corrected chi connectivity index (χ2v) is 6.15. The van der Waals surface area contributed by atoms with Crippen LogP contribution in [0.3, 0.4) is 0 Å². The second-order valence-electron chi connectivity index (χ2n) is 6.15. The lowest BCUT2D eigenvalue weighted by Crippen LogP contribution is -2.42. The van der Waals surface area contributed by atoms with Crippen molar-refractivity contribution < 1.29 is 23.9 Å². The van der Waals surface area contributed by atoms with Gasteiger partial charge in [-0.25, -0.2) is 4.79 Å². The number of nitrogens with one attached hydrogen (secondary N) is 2. The van der Waals surface area contributed by atoms with E-state index >= 15 is 0 Å². The molecule has 1 unspecified atom stereocenters. The average molecular weight is 396 g/mol. The molecule has 2 N–H and O–H groups in total. The van der Waals surface area contributed by atoms with E-state index in [0.29, 0.717) is 17.9 Å². The molecule has 0 saturated heterocycles. The van der Waals surface area contributed by atoms with Crippen LogP contribution in [-0.4, -0.2) is 37.5 Å². The summed E-state index contributed by atoms with van der Waals surface area (Å²) in [4.78, 5) is 35.8. The van der Waals surface area contributed by atoms with Gasteiger partial charge in [0.1, 0.15) is 6.04 Å². The van der Waals surface area contributed by atoms with Crippen LogP contribution in [0, 0.1) is 0 Å². The van der Waals surface area contributed by atoms with Gasteiger partial charge in [-0.15, -0.1) is 0 Å². The van der Waals surface area contributed by atoms with Crippen LogP contribution < -0.4 is 10.6 Å². The van der Waals surface area contributed by atoms with Gasteiger partial charge in [0.2, 0.25) is 5.91 Å². The standard InChI is InChI=1S/C22H24N2O5/c1-3-20(25)23-18-11-9-17(10-12-18)21(26)24-19(22(27)28-2)13-14-29-15-16-7-5-4-6-8-16/h3-12,19H,1,13-15H2,2H3,(H,23,25)(H,24,26). The van der Waals surface area contributed by atoms with Crippen LogP contribution >= 0.6 is 0 Å². The van der Waals surface area contributed by atoms with E-state index in [1.54, 1.807) is 24.3 Å². The SMILES string of the molecule is C=CC(=O)Nc1ccc(C(=O)NC(CCOCc2ccccc2)C(=O)OC)cc1. The maximum Gasteiger partial charge on any atom is 0.328 e. The Balaban J connectivity index is 1.89. The normalized spacial score (nSPS) is 11.2. The molecule has 29 heavy (non-hydrogen) atoms. The van der Waals surface area contributed by atoms with Gasteiger partial charge in [0.05, 0.1) is 13.7 Å². The number of esters is 1. The molecule has 0 bridgehead atoms. The molecule has 0 saturated carbocycles. The second kappa shape index (κ2) is 11.4. The molecule has 7 nitrogen and oxygen atoms in total. The van der Waals surface area contributed by atoms with E-state index in [1.807, 2.05) is 30.3 Å². The van der Waals surface area contributed by atoms with Gasteiger partial charge in [-0.3, -0.25) is 9.59 Å². The number of carbonyl (C=O) groups is 3. The molecular formula is C22H24N2O5. The van der Waals surface area contributed by atoms with Crippen LogP contribution in [0.15, 0.2) is 67.3 Å². The highest BCUT2D eigenvalue weighted by Gasteiger charge is 2.22. The number of anilines is 1. The Labute approximate surface area is 169 Å². The zero-order chi connectivity index (χ0) is 21.1. The fraction of sp³-hybridized carbons (Fsp3) is 0.227. The molecule has 2 rings (SSSR count). The summed E-state index contributed by atoms with van der Waals surface area (Å²) in [6.45, 7) is 4.07. The first-order chi connectivity index (χ1) is 14.0. The minimum atomic E-state index is -0.830. The summed E-state index contributed by atoms with van der Waals surface area (Å²) in [5.74, 6) is -1.31. The first kappa shape index (κ1) is 21.8. The van der Waals surface area contributed by atoms with Gasteiger partial charge in [-0.2, -0.15) is 0 Å². The summed E-state index contributed by atoms with van der Waals surface area (Å²) in [5, 5.41) is 5.25. The molecule has 0 fully saturated rings. The van der Waals surface area contributed by atoms with E-state index in [9.17, 15) is 14.4 Å². The molecule has 0 heterocycles. The number of benzene rings is 2. The summed E-state index contributed by atoms with van der Waals surface area (Å²) in [6.07, 6.45) is 1.43. The van der Waals surface area contributed by atoms with Crippen LogP contribution in [0.5, 0.6) is 0 Å². The smallest absolute Gasteiger partial charge is 0.328 e. The number of carbonyl (C=O) groups excluding carboxylic acids is 3. The zero-order valence-electron chi connectivity index (χ0n) is 16.2. The predicted molar refractivity (Wildman–Crippen MR) is 109 cm³/mol. The highest BCUT2D eigenvalue weighted by atomic mass is 16.5. The van der Waals surface area contributed by atoms with Gasteiger partial charge in [-0.05, 0) is 35.9 Å². The monoisotopic (exact) mass is 396 g/mol. The third kappa shape index (κ3) is 7.23. The molecule has 2 aromatic carbocycles. The van der Waals surface area contributed by atoms with E-state index in [4.69, 9.17) is 9.47 Å². The third-order valence-electron chi connectivity index (χ3n) is 4.05. The molecule has 0 aliphatic rings. The number of methoxy groups -OCH3 is 1. The van der Waals surface area contributed by atoms with Crippen molar-refractivity contribution >= 4 is 23.5 Å². The Hall–Kier alpha value is -3.45. The Morgan fingerprint density at radius 1 is 1.07 bits per heavy atom. The topological polar surface area (TPSA) is 93.7 Å². The summed E-state index contributed by atoms with van der Waals surface area (Å²) in [5.41, 5.74) is 1.90. The molecule has 2 amide bonds. The molecular weight excluding hydrogens is 372 g/mol. The predicted octanol–water partition coefficient (Wildman–Crippen LogP) is 2.69. The fourth-order valence-corrected chi connectivity index (χ4v) is 2.50. The number of hydrogen-bond acceptors (Lipinski definition) is 5. The summed E-state index contributed by atoms with van der Waals surface area (Å²) in [7, 11) is 1.27. The number of ether oxygens (including phenoxy) is 2. The van der Waals surface area contributed by atoms with Gasteiger partial charge in [0.25, 0.3) is 5.91 Å². The Bertz CT molecular complexity index is 834. The highest BCUT2D eigenvalue weighted by molar-refractivity contribution is 6.00. The number of amides is 2. The quantitative estimate of drug-likeness (QED) is 0.366. The molecule has 0 aliphatic heterocycles. The van der Waals surface area contributed by atoms with Gasteiger partial charge in [-0.1, -0.05) is 36.9 Å². The average Bonchev–Trinajstić information content (AvgIpc) is 2.76. The zero-order valence-corrected chi connectivity index (χ0v) is 16.2. The highest BCUT2D eigenvalue weighted by Crippen LogP contribution is 2.10. The van der Waals surface area contributed by atoms with Crippen molar-refractivity contribution in [2.75, 3.05) is 19.0 Å². The summed E-state index contributed by atoms with van der Waals surface area (Å²) in [6, 6.07) is 15.1. The lowest BCUT2D eigenvalue weighted by molar-refractivity contribution is -0.143. The van der Waals surface area contributed by atoms with E-state index in [0.717, 1.165) is 11.6 Å². The molecule has 2 aromatic rings. The number of hydrogen-bond donors (Lipinski definition) is 2. The van der Waals surface area contributed by atoms with Gasteiger partial charge >= 0.3 is 5.97 Å². The van der Waals surface area contributed by atoms with Gasteiger partial charge < -0.3 is 20.1 Å². The van der Waals surface area contributed by atoms with E-state index < -0.39 is 17.9 Å². The largest absolute Gasteiger partial charge is 0.467 e. The van der Waals surface area contributed by atoms with Crippen molar-refractivity contribution in [3.63, 3.8) is 0 Å². The first-order valence-corrected chi connectivity index (χ1v) is 9.07. The summed E-state index contributed by atoms with van der Waals surface area (Å²) >= 11 is 0. The van der Waals surface area contributed by atoms with Crippen molar-refractivity contribution in [3.8, 4) is 0 Å². The lowest BCUT2D eigenvalue weighted by atomic mass is 10.1. The van der Waals surface area contributed by atoms with Crippen LogP contribution in [0.2, 0.25) is 0 Å². The van der Waals surface area contributed by atoms with E-state index in [1.165, 1.54) is 7.11 Å². The van der Waals surface area contributed by atoms with E-state index in [-0.39, 0.29) is 18.9 Å². The number of rotatable bonds is 10.